The van der Waals surface area contributed by atoms with E-state index in [9.17, 15) is 18.3 Å². The fourth-order valence-electron chi connectivity index (χ4n) is 4.41. The lowest BCUT2D eigenvalue weighted by molar-refractivity contribution is -0.137. The highest BCUT2D eigenvalue weighted by atomic mass is 32.1. The van der Waals surface area contributed by atoms with Gasteiger partial charge in [0, 0.05) is 38.3 Å². The monoisotopic (exact) mass is 487 g/mol. The van der Waals surface area contributed by atoms with E-state index < -0.39 is 17.8 Å². The highest BCUT2D eigenvalue weighted by molar-refractivity contribution is 7.17. The molecule has 1 atom stereocenters. The van der Waals surface area contributed by atoms with Crippen molar-refractivity contribution in [2.75, 3.05) is 31.1 Å². The van der Waals surface area contributed by atoms with Crippen LogP contribution in [0.5, 0.6) is 5.88 Å². The maximum absolute atomic E-state index is 13.5. The average molecular weight is 488 g/mol. The summed E-state index contributed by atoms with van der Waals surface area (Å²) >= 11 is 1.27. The molecule has 1 aliphatic rings. The van der Waals surface area contributed by atoms with Gasteiger partial charge in [-0.3, -0.25) is 4.90 Å². The van der Waals surface area contributed by atoms with Crippen molar-refractivity contribution in [3.8, 4) is 5.88 Å². The molecule has 2 aromatic heterocycles. The Bertz CT molecular complexity index is 1280. The lowest BCUT2D eigenvalue weighted by Crippen LogP contribution is -2.47. The molecule has 2 aromatic carbocycles. The molecule has 0 spiro atoms. The van der Waals surface area contributed by atoms with Crippen molar-refractivity contribution in [3.05, 3.63) is 76.4 Å². The summed E-state index contributed by atoms with van der Waals surface area (Å²) in [4.78, 5) is 9.91. The third kappa shape index (κ3) is 4.23. The Morgan fingerprint density at radius 1 is 1.03 bits per heavy atom. The summed E-state index contributed by atoms with van der Waals surface area (Å²) in [6.45, 7) is 4.63. The molecule has 1 fully saturated rings. The predicted octanol–water partition coefficient (Wildman–Crippen LogP) is 4.99. The second-order valence-corrected chi connectivity index (χ2v) is 9.26. The van der Waals surface area contributed by atoms with Gasteiger partial charge in [-0.05, 0) is 29.8 Å². The van der Waals surface area contributed by atoms with Gasteiger partial charge < -0.3 is 10.0 Å². The van der Waals surface area contributed by atoms with Crippen molar-refractivity contribution in [1.29, 1.82) is 0 Å². The molecule has 34 heavy (non-hydrogen) atoms. The van der Waals surface area contributed by atoms with Gasteiger partial charge in [0.05, 0.1) is 16.5 Å². The summed E-state index contributed by atoms with van der Waals surface area (Å²) < 4.78 is 41.9. The SMILES string of the molecule is CCc1nc2sc([C@H](c3cccc(C(F)(F)F)c3)N3CCN(c4ccccc4)CC3)c(O)n2n1. The number of fused-ring (bicyclic) bond motifs is 1. The molecule has 0 unspecified atom stereocenters. The van der Waals surface area contributed by atoms with Crippen molar-refractivity contribution in [1.82, 2.24) is 19.5 Å². The van der Waals surface area contributed by atoms with E-state index in [-0.39, 0.29) is 5.88 Å². The first-order valence-corrected chi connectivity index (χ1v) is 12.0. The van der Waals surface area contributed by atoms with Crippen LogP contribution in [0.3, 0.4) is 0 Å². The summed E-state index contributed by atoms with van der Waals surface area (Å²) in [6.07, 6.45) is -3.82. The molecule has 3 heterocycles. The molecule has 1 saturated heterocycles. The lowest BCUT2D eigenvalue weighted by Gasteiger charge is -2.40. The Labute approximate surface area is 198 Å². The van der Waals surface area contributed by atoms with Gasteiger partial charge in [-0.2, -0.15) is 17.7 Å². The molecule has 1 aliphatic heterocycles. The van der Waals surface area contributed by atoms with Crippen LogP contribution in [0.4, 0.5) is 18.9 Å². The number of anilines is 1. The molecular weight excluding hydrogens is 463 g/mol. The van der Waals surface area contributed by atoms with Crippen LogP contribution in [-0.4, -0.2) is 50.8 Å². The standard InChI is InChI=1S/C24H24F3N5OS/c1-2-19-28-23-32(29-19)22(33)21(34-23)20(16-7-6-8-17(15-16)24(25,26)27)31-13-11-30(12-14-31)18-9-4-3-5-10-18/h3-10,15,20,33H,2,11-14H2,1H3/t20-/m0/s1. The second-order valence-electron chi connectivity index (χ2n) is 8.25. The zero-order valence-electron chi connectivity index (χ0n) is 18.5. The van der Waals surface area contributed by atoms with E-state index in [2.05, 4.69) is 32.0 Å². The molecule has 0 saturated carbocycles. The van der Waals surface area contributed by atoms with E-state index in [4.69, 9.17) is 0 Å². The van der Waals surface area contributed by atoms with Crippen LogP contribution < -0.4 is 4.90 Å². The van der Waals surface area contributed by atoms with Gasteiger partial charge in [-0.1, -0.05) is 48.6 Å². The fourth-order valence-corrected chi connectivity index (χ4v) is 5.54. The normalized spacial score (nSPS) is 16.3. The molecule has 0 radical (unpaired) electrons. The maximum Gasteiger partial charge on any atom is 0.416 e. The molecule has 0 bridgehead atoms. The number of thiazole rings is 1. The number of benzene rings is 2. The molecule has 10 heteroatoms. The molecule has 4 aromatic rings. The summed E-state index contributed by atoms with van der Waals surface area (Å²) in [5, 5.41) is 15.4. The number of hydrogen-bond acceptors (Lipinski definition) is 6. The number of aromatic hydroxyl groups is 1. The van der Waals surface area contributed by atoms with E-state index in [1.807, 2.05) is 25.1 Å². The number of piperazine rings is 1. The topological polar surface area (TPSA) is 56.9 Å². The number of halogens is 3. The van der Waals surface area contributed by atoms with Crippen molar-refractivity contribution in [2.45, 2.75) is 25.6 Å². The minimum atomic E-state index is -4.45. The Balaban J connectivity index is 1.52. The van der Waals surface area contributed by atoms with Crippen molar-refractivity contribution in [3.63, 3.8) is 0 Å². The van der Waals surface area contributed by atoms with Gasteiger partial charge in [0.15, 0.2) is 5.82 Å². The quantitative estimate of drug-likeness (QED) is 0.430. The van der Waals surface area contributed by atoms with Gasteiger partial charge in [0.25, 0.3) is 0 Å². The van der Waals surface area contributed by atoms with Gasteiger partial charge in [-0.15, -0.1) is 5.10 Å². The summed E-state index contributed by atoms with van der Waals surface area (Å²) in [6, 6.07) is 14.9. The fraction of sp³-hybridized carbons (Fsp3) is 0.333. The summed E-state index contributed by atoms with van der Waals surface area (Å²) in [7, 11) is 0. The first-order valence-electron chi connectivity index (χ1n) is 11.1. The van der Waals surface area contributed by atoms with Crippen molar-refractivity contribution in [2.24, 2.45) is 0 Å². The number of para-hydroxylation sites is 1. The van der Waals surface area contributed by atoms with Gasteiger partial charge in [0.1, 0.15) is 0 Å². The van der Waals surface area contributed by atoms with E-state index >= 15 is 0 Å². The van der Waals surface area contributed by atoms with Gasteiger partial charge >= 0.3 is 6.18 Å². The largest absolute Gasteiger partial charge is 0.492 e. The maximum atomic E-state index is 13.5. The van der Waals surface area contributed by atoms with E-state index in [1.165, 1.54) is 28.0 Å². The molecule has 0 aliphatic carbocycles. The molecule has 0 amide bonds. The number of aromatic nitrogens is 3. The Hall–Kier alpha value is -3.11. The molecule has 1 N–H and O–H groups in total. The van der Waals surface area contributed by atoms with Crippen LogP contribution in [0.15, 0.2) is 54.6 Å². The molecular formula is C24H24F3N5OS. The highest BCUT2D eigenvalue weighted by Crippen LogP contribution is 2.42. The Morgan fingerprint density at radius 2 is 1.76 bits per heavy atom. The number of hydrogen-bond donors (Lipinski definition) is 1. The molecule has 178 valence electrons. The van der Waals surface area contributed by atoms with Crippen LogP contribution in [0.1, 0.15) is 34.8 Å². The second kappa shape index (κ2) is 8.92. The van der Waals surface area contributed by atoms with Crippen molar-refractivity contribution < 1.29 is 18.3 Å². The van der Waals surface area contributed by atoms with E-state index in [0.717, 1.165) is 24.8 Å². The first kappa shape index (κ1) is 22.7. The highest BCUT2D eigenvalue weighted by Gasteiger charge is 2.35. The average Bonchev–Trinajstić information content (AvgIpc) is 3.39. The molecule has 6 nitrogen and oxygen atoms in total. The number of alkyl halides is 3. The number of nitrogens with zero attached hydrogens (tertiary/aromatic N) is 5. The number of rotatable bonds is 5. The van der Waals surface area contributed by atoms with Gasteiger partial charge in [-0.25, -0.2) is 4.98 Å². The summed E-state index contributed by atoms with van der Waals surface area (Å²) in [5.74, 6) is 0.542. The van der Waals surface area contributed by atoms with Crippen LogP contribution in [0, 0.1) is 0 Å². The van der Waals surface area contributed by atoms with E-state index in [0.29, 0.717) is 40.7 Å². The predicted molar refractivity (Wildman–Crippen MR) is 125 cm³/mol. The van der Waals surface area contributed by atoms with Gasteiger partial charge in [0.2, 0.25) is 10.8 Å². The number of aryl methyl sites for hydroxylation is 1. The lowest BCUT2D eigenvalue weighted by atomic mass is 10.00. The first-order chi connectivity index (χ1) is 16.3. The van der Waals surface area contributed by atoms with Crippen LogP contribution in [0.2, 0.25) is 0 Å². The third-order valence-electron chi connectivity index (χ3n) is 6.14. The minimum Gasteiger partial charge on any atom is -0.492 e. The van der Waals surface area contributed by atoms with Crippen LogP contribution >= 0.6 is 11.3 Å². The minimum absolute atomic E-state index is 0.0694. The smallest absolute Gasteiger partial charge is 0.416 e. The Morgan fingerprint density at radius 3 is 2.41 bits per heavy atom. The van der Waals surface area contributed by atoms with Crippen LogP contribution in [-0.2, 0) is 12.6 Å². The zero-order chi connectivity index (χ0) is 23.9. The van der Waals surface area contributed by atoms with E-state index in [1.54, 1.807) is 6.07 Å². The van der Waals surface area contributed by atoms with Crippen molar-refractivity contribution >= 4 is 22.0 Å². The molecule has 5 rings (SSSR count). The third-order valence-corrected chi connectivity index (χ3v) is 7.21. The Kier molecular flexibility index (Phi) is 5.95. The van der Waals surface area contributed by atoms with Crippen LogP contribution in [0.25, 0.3) is 4.96 Å². The summed E-state index contributed by atoms with van der Waals surface area (Å²) in [5.41, 5.74) is 0.898. The zero-order valence-corrected chi connectivity index (χ0v) is 19.4.